The van der Waals surface area contributed by atoms with Crippen LogP contribution in [0.3, 0.4) is 0 Å². The van der Waals surface area contributed by atoms with Crippen molar-refractivity contribution in [2.75, 3.05) is 6.54 Å². The van der Waals surface area contributed by atoms with Gasteiger partial charge < -0.3 is 10.8 Å². The zero-order chi connectivity index (χ0) is 10.1. The van der Waals surface area contributed by atoms with Crippen LogP contribution in [0.2, 0.25) is 0 Å². The Morgan fingerprint density at radius 2 is 2.29 bits per heavy atom. The largest absolute Gasteiger partial charge is 0.388 e. The first-order valence-electron chi connectivity index (χ1n) is 5.19. The second kappa shape index (κ2) is 3.71. The molecule has 1 aromatic rings. The maximum atomic E-state index is 9.93. The van der Waals surface area contributed by atoms with Crippen LogP contribution in [0, 0.1) is 12.8 Å². The summed E-state index contributed by atoms with van der Waals surface area (Å²) < 4.78 is 0. The quantitative estimate of drug-likeness (QED) is 0.707. The Morgan fingerprint density at radius 1 is 1.50 bits per heavy atom. The van der Waals surface area contributed by atoms with E-state index in [9.17, 15) is 5.11 Å². The summed E-state index contributed by atoms with van der Waals surface area (Å²) in [7, 11) is 0. The molecule has 1 aliphatic carbocycles. The Morgan fingerprint density at radius 3 is 3.00 bits per heavy atom. The topological polar surface area (TPSA) is 46.2 Å². The summed E-state index contributed by atoms with van der Waals surface area (Å²) in [5, 5.41) is 9.93. The van der Waals surface area contributed by atoms with Crippen molar-refractivity contribution in [1.29, 1.82) is 0 Å². The van der Waals surface area contributed by atoms with Crippen molar-refractivity contribution in [3.63, 3.8) is 0 Å². The maximum absolute atomic E-state index is 9.93. The number of benzene rings is 1. The molecule has 0 saturated carbocycles. The predicted molar refractivity (Wildman–Crippen MR) is 57.0 cm³/mol. The van der Waals surface area contributed by atoms with E-state index in [1.807, 2.05) is 12.1 Å². The lowest BCUT2D eigenvalue weighted by atomic mass is 9.80. The first-order valence-corrected chi connectivity index (χ1v) is 5.19. The van der Waals surface area contributed by atoms with Gasteiger partial charge in [-0.15, -0.1) is 0 Å². The summed E-state index contributed by atoms with van der Waals surface area (Å²) in [5.74, 6) is 0.443. The summed E-state index contributed by atoms with van der Waals surface area (Å²) in [5.41, 5.74) is 9.35. The average Bonchev–Trinajstić information content (AvgIpc) is 2.19. The van der Waals surface area contributed by atoms with E-state index < -0.39 is 0 Å². The van der Waals surface area contributed by atoms with E-state index in [0.29, 0.717) is 12.5 Å². The molecular formula is C12H17NO. The summed E-state index contributed by atoms with van der Waals surface area (Å²) in [6.07, 6.45) is 1.52. The molecule has 2 heteroatoms. The SMILES string of the molecule is Cc1cccc2c1CC(CN)CC2O. The highest BCUT2D eigenvalue weighted by Gasteiger charge is 2.25. The molecule has 0 bridgehead atoms. The molecule has 76 valence electrons. The minimum absolute atomic E-state index is 0.313. The second-order valence-electron chi connectivity index (χ2n) is 4.20. The molecule has 0 fully saturated rings. The van der Waals surface area contributed by atoms with Gasteiger partial charge >= 0.3 is 0 Å². The van der Waals surface area contributed by atoms with Crippen LogP contribution in [0.1, 0.15) is 29.2 Å². The molecule has 0 heterocycles. The molecule has 0 aliphatic heterocycles. The third-order valence-electron chi connectivity index (χ3n) is 3.19. The molecule has 0 aromatic heterocycles. The van der Waals surface area contributed by atoms with Gasteiger partial charge in [-0.3, -0.25) is 0 Å². The van der Waals surface area contributed by atoms with Gasteiger partial charge in [-0.05, 0) is 48.9 Å². The van der Waals surface area contributed by atoms with Crippen molar-refractivity contribution in [3.8, 4) is 0 Å². The Bertz CT molecular complexity index is 335. The van der Waals surface area contributed by atoms with E-state index in [1.54, 1.807) is 0 Å². The van der Waals surface area contributed by atoms with Gasteiger partial charge in [0.25, 0.3) is 0 Å². The van der Waals surface area contributed by atoms with Crippen molar-refractivity contribution >= 4 is 0 Å². The molecule has 2 unspecified atom stereocenters. The van der Waals surface area contributed by atoms with Crippen LogP contribution in [0.4, 0.5) is 0 Å². The minimum atomic E-state index is -0.313. The van der Waals surface area contributed by atoms with Crippen LogP contribution in [-0.4, -0.2) is 11.7 Å². The van der Waals surface area contributed by atoms with E-state index in [0.717, 1.165) is 18.4 Å². The molecular weight excluding hydrogens is 174 g/mol. The molecule has 0 amide bonds. The summed E-state index contributed by atoms with van der Waals surface area (Å²) in [6.45, 7) is 2.77. The van der Waals surface area contributed by atoms with Crippen molar-refractivity contribution in [3.05, 3.63) is 34.9 Å². The van der Waals surface area contributed by atoms with Crippen molar-refractivity contribution < 1.29 is 5.11 Å². The lowest BCUT2D eigenvalue weighted by Gasteiger charge is -2.28. The van der Waals surface area contributed by atoms with E-state index in [-0.39, 0.29) is 6.10 Å². The smallest absolute Gasteiger partial charge is 0.0796 e. The summed E-state index contributed by atoms with van der Waals surface area (Å²) >= 11 is 0. The molecule has 1 aliphatic rings. The molecule has 2 atom stereocenters. The number of fused-ring (bicyclic) bond motifs is 1. The van der Waals surface area contributed by atoms with Gasteiger partial charge in [-0.1, -0.05) is 18.2 Å². The fourth-order valence-corrected chi connectivity index (χ4v) is 2.31. The van der Waals surface area contributed by atoms with Gasteiger partial charge in [-0.25, -0.2) is 0 Å². The maximum Gasteiger partial charge on any atom is 0.0796 e. The third-order valence-corrected chi connectivity index (χ3v) is 3.19. The number of nitrogens with two attached hydrogens (primary N) is 1. The fourth-order valence-electron chi connectivity index (χ4n) is 2.31. The first-order chi connectivity index (χ1) is 6.72. The molecule has 2 nitrogen and oxygen atoms in total. The Labute approximate surface area is 84.7 Å². The Hall–Kier alpha value is -0.860. The van der Waals surface area contributed by atoms with E-state index in [4.69, 9.17) is 5.73 Å². The fraction of sp³-hybridized carbons (Fsp3) is 0.500. The van der Waals surface area contributed by atoms with Gasteiger partial charge in [0.05, 0.1) is 6.10 Å². The highest BCUT2D eigenvalue weighted by Crippen LogP contribution is 2.34. The number of aryl methyl sites for hydroxylation is 1. The summed E-state index contributed by atoms with van der Waals surface area (Å²) in [6, 6.07) is 6.14. The van der Waals surface area contributed by atoms with Crippen LogP contribution in [0.5, 0.6) is 0 Å². The van der Waals surface area contributed by atoms with E-state index >= 15 is 0 Å². The molecule has 14 heavy (non-hydrogen) atoms. The number of aliphatic hydroxyl groups excluding tert-OH is 1. The molecule has 0 spiro atoms. The molecule has 3 N–H and O–H groups in total. The standard InChI is InChI=1S/C12H17NO/c1-8-3-2-4-10-11(8)5-9(7-13)6-12(10)14/h2-4,9,12,14H,5-7,13H2,1H3. The monoisotopic (exact) mass is 191 g/mol. The molecule has 0 saturated heterocycles. The molecule has 0 radical (unpaired) electrons. The van der Waals surface area contributed by atoms with Crippen molar-refractivity contribution in [2.24, 2.45) is 11.7 Å². The third kappa shape index (κ3) is 1.56. The first kappa shape index (κ1) is 9.69. The van der Waals surface area contributed by atoms with Crippen LogP contribution in [0.15, 0.2) is 18.2 Å². The Kier molecular flexibility index (Phi) is 2.57. The van der Waals surface area contributed by atoms with Gasteiger partial charge in [0.2, 0.25) is 0 Å². The highest BCUT2D eigenvalue weighted by atomic mass is 16.3. The number of aliphatic hydroxyl groups is 1. The van der Waals surface area contributed by atoms with Gasteiger partial charge in [-0.2, -0.15) is 0 Å². The number of hydrogen-bond acceptors (Lipinski definition) is 2. The average molecular weight is 191 g/mol. The minimum Gasteiger partial charge on any atom is -0.388 e. The van der Waals surface area contributed by atoms with Crippen LogP contribution in [-0.2, 0) is 6.42 Å². The van der Waals surface area contributed by atoms with Crippen molar-refractivity contribution in [2.45, 2.75) is 25.9 Å². The zero-order valence-corrected chi connectivity index (χ0v) is 8.53. The second-order valence-corrected chi connectivity index (χ2v) is 4.20. The van der Waals surface area contributed by atoms with Gasteiger partial charge in [0.15, 0.2) is 0 Å². The Balaban J connectivity index is 2.40. The van der Waals surface area contributed by atoms with E-state index in [1.165, 1.54) is 11.1 Å². The molecule has 2 rings (SSSR count). The predicted octanol–water partition coefficient (Wildman–Crippen LogP) is 1.55. The van der Waals surface area contributed by atoms with Gasteiger partial charge in [0, 0.05) is 0 Å². The van der Waals surface area contributed by atoms with E-state index in [2.05, 4.69) is 13.0 Å². The normalized spacial score (nSPS) is 25.9. The van der Waals surface area contributed by atoms with Gasteiger partial charge in [0.1, 0.15) is 0 Å². The lowest BCUT2D eigenvalue weighted by molar-refractivity contribution is 0.133. The zero-order valence-electron chi connectivity index (χ0n) is 8.53. The summed E-state index contributed by atoms with van der Waals surface area (Å²) in [4.78, 5) is 0. The number of hydrogen-bond donors (Lipinski definition) is 2. The van der Waals surface area contributed by atoms with Crippen molar-refractivity contribution in [1.82, 2.24) is 0 Å². The van der Waals surface area contributed by atoms with Crippen LogP contribution >= 0.6 is 0 Å². The van der Waals surface area contributed by atoms with Crippen LogP contribution in [0.25, 0.3) is 0 Å². The number of rotatable bonds is 1. The molecule has 1 aromatic carbocycles. The van der Waals surface area contributed by atoms with Crippen LogP contribution < -0.4 is 5.73 Å². The highest BCUT2D eigenvalue weighted by molar-refractivity contribution is 5.38. The lowest BCUT2D eigenvalue weighted by Crippen LogP contribution is -2.25.